The van der Waals surface area contributed by atoms with E-state index in [0.717, 1.165) is 0 Å². The molecule has 0 aliphatic heterocycles. The van der Waals surface area contributed by atoms with Gasteiger partial charge >= 0.3 is 0 Å². The second kappa shape index (κ2) is 5.45. The average molecular weight is 145 g/mol. The van der Waals surface area contributed by atoms with Gasteiger partial charge in [-0.15, -0.1) is 0 Å². The standard InChI is InChI=1S/C7H9ClO/c1-3-5-6-7(4-2)9-8/h3-6H,2H2,1H3/b5-3-,7-6+. The van der Waals surface area contributed by atoms with Crippen LogP contribution in [-0.2, 0) is 4.29 Å². The SMILES string of the molecule is C=C/C(=C\C=C/C)OCl. The Kier molecular flexibility index (Phi) is 5.03. The monoisotopic (exact) mass is 144 g/mol. The number of hydrogen-bond acceptors (Lipinski definition) is 1. The third-order valence-electron chi connectivity index (χ3n) is 0.743. The van der Waals surface area contributed by atoms with Crippen LogP contribution in [-0.4, -0.2) is 0 Å². The second-order valence-corrected chi connectivity index (χ2v) is 1.53. The fraction of sp³-hybridized carbons (Fsp3) is 0.143. The summed E-state index contributed by atoms with van der Waals surface area (Å²) < 4.78 is 4.37. The average Bonchev–Trinajstić information content (AvgIpc) is 1.91. The summed E-state index contributed by atoms with van der Waals surface area (Å²) in [6.45, 7) is 5.38. The van der Waals surface area contributed by atoms with Crippen molar-refractivity contribution in [3.63, 3.8) is 0 Å². The summed E-state index contributed by atoms with van der Waals surface area (Å²) in [6, 6.07) is 0. The van der Waals surface area contributed by atoms with Gasteiger partial charge in [0.05, 0.1) is 0 Å². The van der Waals surface area contributed by atoms with E-state index in [0.29, 0.717) is 5.76 Å². The lowest BCUT2D eigenvalue weighted by molar-refractivity contribution is 0.495. The highest BCUT2D eigenvalue weighted by molar-refractivity contribution is 6.08. The smallest absolute Gasteiger partial charge is 0.145 e. The van der Waals surface area contributed by atoms with Gasteiger partial charge < -0.3 is 4.29 Å². The maximum absolute atomic E-state index is 5.03. The summed E-state index contributed by atoms with van der Waals surface area (Å²) in [4.78, 5) is 0. The predicted molar refractivity (Wildman–Crippen MR) is 40.0 cm³/mol. The molecule has 1 nitrogen and oxygen atoms in total. The topological polar surface area (TPSA) is 9.23 Å². The molecule has 2 heteroatoms. The van der Waals surface area contributed by atoms with Crippen molar-refractivity contribution in [2.75, 3.05) is 0 Å². The molecule has 0 aromatic heterocycles. The molecule has 0 rings (SSSR count). The molecule has 0 aliphatic rings. The van der Waals surface area contributed by atoms with Crippen LogP contribution in [0.4, 0.5) is 0 Å². The van der Waals surface area contributed by atoms with Crippen molar-refractivity contribution >= 4 is 11.9 Å². The van der Waals surface area contributed by atoms with Gasteiger partial charge in [0.2, 0.25) is 0 Å². The molecule has 0 aromatic rings. The van der Waals surface area contributed by atoms with Crippen LogP contribution in [0.15, 0.2) is 36.6 Å². The first-order valence-corrected chi connectivity index (χ1v) is 2.90. The van der Waals surface area contributed by atoms with Crippen molar-refractivity contribution in [3.05, 3.63) is 36.6 Å². The van der Waals surface area contributed by atoms with Crippen LogP contribution in [0.3, 0.4) is 0 Å². The van der Waals surface area contributed by atoms with Gasteiger partial charge in [-0.05, 0) is 19.1 Å². The van der Waals surface area contributed by atoms with Crippen LogP contribution in [0.5, 0.6) is 0 Å². The van der Waals surface area contributed by atoms with E-state index in [9.17, 15) is 0 Å². The second-order valence-electron chi connectivity index (χ2n) is 1.38. The van der Waals surface area contributed by atoms with E-state index in [1.165, 1.54) is 6.08 Å². The van der Waals surface area contributed by atoms with E-state index < -0.39 is 0 Å². The lowest BCUT2D eigenvalue weighted by Gasteiger charge is -1.89. The Morgan fingerprint density at radius 1 is 1.67 bits per heavy atom. The molecule has 0 saturated carbocycles. The van der Waals surface area contributed by atoms with E-state index >= 15 is 0 Å². The summed E-state index contributed by atoms with van der Waals surface area (Å²) in [7, 11) is 0. The van der Waals surface area contributed by atoms with E-state index in [4.69, 9.17) is 11.9 Å². The van der Waals surface area contributed by atoms with Crippen LogP contribution in [0.2, 0.25) is 0 Å². The maximum Gasteiger partial charge on any atom is 0.145 e. The molecule has 0 fully saturated rings. The molecule has 0 amide bonds. The zero-order chi connectivity index (χ0) is 7.11. The third kappa shape index (κ3) is 3.86. The number of hydrogen-bond donors (Lipinski definition) is 0. The van der Waals surface area contributed by atoms with Crippen LogP contribution >= 0.6 is 11.9 Å². The van der Waals surface area contributed by atoms with Crippen LogP contribution in [0.25, 0.3) is 0 Å². The molecule has 0 bridgehead atoms. The molecule has 0 radical (unpaired) electrons. The van der Waals surface area contributed by atoms with Crippen LogP contribution in [0, 0.1) is 0 Å². The fourth-order valence-electron chi connectivity index (χ4n) is 0.316. The zero-order valence-electron chi connectivity index (χ0n) is 5.30. The Labute approximate surface area is 60.4 Å². The Balaban J connectivity index is 3.90. The van der Waals surface area contributed by atoms with Gasteiger partial charge in [0.25, 0.3) is 0 Å². The molecule has 0 spiro atoms. The molecule has 9 heavy (non-hydrogen) atoms. The van der Waals surface area contributed by atoms with Crippen molar-refractivity contribution in [2.24, 2.45) is 0 Å². The first-order valence-electron chi connectivity index (χ1n) is 2.59. The summed E-state index contributed by atoms with van der Waals surface area (Å²) in [5, 5.41) is 0. The summed E-state index contributed by atoms with van der Waals surface area (Å²) >= 11 is 5.03. The minimum absolute atomic E-state index is 0.551. The minimum atomic E-state index is 0.551. The van der Waals surface area contributed by atoms with Gasteiger partial charge in [0.1, 0.15) is 17.6 Å². The normalized spacial score (nSPS) is 12.0. The zero-order valence-corrected chi connectivity index (χ0v) is 6.06. The molecule has 0 aliphatic carbocycles. The van der Waals surface area contributed by atoms with Crippen molar-refractivity contribution in [3.8, 4) is 0 Å². The maximum atomic E-state index is 5.03. The Morgan fingerprint density at radius 2 is 2.33 bits per heavy atom. The highest BCUT2D eigenvalue weighted by atomic mass is 35.5. The number of rotatable bonds is 3. The van der Waals surface area contributed by atoms with Crippen molar-refractivity contribution in [2.45, 2.75) is 6.92 Å². The highest BCUT2D eigenvalue weighted by Gasteiger charge is 1.82. The summed E-state index contributed by atoms with van der Waals surface area (Å²) in [6.07, 6.45) is 6.95. The van der Waals surface area contributed by atoms with E-state index in [-0.39, 0.29) is 0 Å². The molecule has 0 saturated heterocycles. The quantitative estimate of drug-likeness (QED) is 0.437. The minimum Gasteiger partial charge on any atom is -0.386 e. The van der Waals surface area contributed by atoms with Gasteiger partial charge in [0, 0.05) is 0 Å². The van der Waals surface area contributed by atoms with Gasteiger partial charge in [0.15, 0.2) is 0 Å². The largest absolute Gasteiger partial charge is 0.386 e. The molecule has 0 heterocycles. The van der Waals surface area contributed by atoms with Crippen LogP contribution in [0.1, 0.15) is 6.92 Å². The molecule has 0 aromatic carbocycles. The lowest BCUT2D eigenvalue weighted by atomic mass is 10.4. The number of allylic oxidation sites excluding steroid dienone is 4. The van der Waals surface area contributed by atoms with E-state index in [1.807, 2.05) is 19.1 Å². The Morgan fingerprint density at radius 3 is 2.67 bits per heavy atom. The highest BCUT2D eigenvalue weighted by Crippen LogP contribution is 2.00. The summed E-state index contributed by atoms with van der Waals surface area (Å²) in [5.41, 5.74) is 0. The Hall–Kier alpha value is -0.690. The molecule has 50 valence electrons. The van der Waals surface area contributed by atoms with Crippen LogP contribution < -0.4 is 0 Å². The number of halogens is 1. The lowest BCUT2D eigenvalue weighted by Crippen LogP contribution is -1.71. The predicted octanol–water partition coefficient (Wildman–Crippen LogP) is 2.80. The van der Waals surface area contributed by atoms with E-state index in [1.54, 1.807) is 6.08 Å². The fourth-order valence-corrected chi connectivity index (χ4v) is 0.431. The van der Waals surface area contributed by atoms with Gasteiger partial charge in [-0.3, -0.25) is 0 Å². The molecule has 0 atom stereocenters. The van der Waals surface area contributed by atoms with Gasteiger partial charge in [-0.1, -0.05) is 18.7 Å². The summed E-state index contributed by atoms with van der Waals surface area (Å²) in [5.74, 6) is 0.551. The molecular weight excluding hydrogens is 136 g/mol. The van der Waals surface area contributed by atoms with Crippen molar-refractivity contribution < 1.29 is 4.29 Å². The van der Waals surface area contributed by atoms with Gasteiger partial charge in [-0.25, -0.2) is 0 Å². The van der Waals surface area contributed by atoms with Crippen molar-refractivity contribution in [1.82, 2.24) is 0 Å². The molecular formula is C7H9ClO. The third-order valence-corrected chi connectivity index (χ3v) is 0.921. The first kappa shape index (κ1) is 8.31. The van der Waals surface area contributed by atoms with E-state index in [2.05, 4.69) is 10.9 Å². The Bertz CT molecular complexity index is 136. The first-order chi connectivity index (χ1) is 4.35. The van der Waals surface area contributed by atoms with Crippen molar-refractivity contribution in [1.29, 1.82) is 0 Å². The molecule has 0 unspecified atom stereocenters. The van der Waals surface area contributed by atoms with Gasteiger partial charge in [-0.2, -0.15) is 0 Å². The molecule has 0 N–H and O–H groups in total.